The van der Waals surface area contributed by atoms with E-state index >= 15 is 0 Å². The molecule has 7 rings (SSSR count). The quantitative estimate of drug-likeness (QED) is 0.251. The molecule has 0 bridgehead atoms. The van der Waals surface area contributed by atoms with E-state index in [9.17, 15) is 14.0 Å². The molecule has 0 radical (unpaired) electrons. The molecule has 10 heteroatoms. The Balaban J connectivity index is 1.30. The van der Waals surface area contributed by atoms with Gasteiger partial charge in [-0.2, -0.15) is 0 Å². The molecule has 3 heterocycles. The summed E-state index contributed by atoms with van der Waals surface area (Å²) in [7, 11) is 1.80. The maximum atomic E-state index is 14.4. The van der Waals surface area contributed by atoms with Gasteiger partial charge in [0, 0.05) is 42.1 Å². The van der Waals surface area contributed by atoms with E-state index in [4.69, 9.17) is 10.7 Å². The number of nitrogens with two attached hydrogens (primary N) is 1. The lowest BCUT2D eigenvalue weighted by Gasteiger charge is -2.14. The third-order valence-corrected chi connectivity index (χ3v) is 7.78. The van der Waals surface area contributed by atoms with Gasteiger partial charge in [-0.05, 0) is 90.4 Å². The zero-order valence-corrected chi connectivity index (χ0v) is 22.9. The predicted molar refractivity (Wildman–Crippen MR) is 158 cm³/mol. The average Bonchev–Trinajstić information content (AvgIpc) is 3.91. The average molecular weight is 562 g/mol. The summed E-state index contributed by atoms with van der Waals surface area (Å²) in [6.45, 7) is 0. The molecular formula is C32H28FN7O2. The van der Waals surface area contributed by atoms with Crippen LogP contribution in [0.4, 0.5) is 15.9 Å². The summed E-state index contributed by atoms with van der Waals surface area (Å²) < 4.78 is 17.8. The first kappa shape index (κ1) is 25.8. The number of rotatable bonds is 7. The van der Waals surface area contributed by atoms with Crippen LogP contribution in [0.3, 0.4) is 0 Å². The fourth-order valence-corrected chi connectivity index (χ4v) is 5.29. The van der Waals surface area contributed by atoms with Crippen LogP contribution in [0.5, 0.6) is 0 Å². The van der Waals surface area contributed by atoms with Crippen LogP contribution in [-0.4, -0.2) is 30.2 Å². The molecule has 0 saturated heterocycles. The monoisotopic (exact) mass is 561 g/mol. The van der Waals surface area contributed by atoms with Gasteiger partial charge in [0.05, 0.1) is 0 Å². The van der Waals surface area contributed by atoms with Crippen molar-refractivity contribution in [2.45, 2.75) is 37.6 Å². The topological polar surface area (TPSA) is 121 Å². The van der Waals surface area contributed by atoms with Gasteiger partial charge in [-0.1, -0.05) is 18.2 Å². The van der Waals surface area contributed by atoms with E-state index in [0.29, 0.717) is 22.9 Å². The molecule has 0 aliphatic heterocycles. The first-order valence-electron chi connectivity index (χ1n) is 13.9. The number of pyridine rings is 2. The van der Waals surface area contributed by atoms with E-state index in [2.05, 4.69) is 15.5 Å². The summed E-state index contributed by atoms with van der Waals surface area (Å²) >= 11 is 0. The number of halogens is 1. The highest BCUT2D eigenvalue weighted by Crippen LogP contribution is 2.42. The van der Waals surface area contributed by atoms with Crippen molar-refractivity contribution >= 4 is 17.4 Å². The van der Waals surface area contributed by atoms with Gasteiger partial charge < -0.3 is 20.2 Å². The third kappa shape index (κ3) is 4.96. The van der Waals surface area contributed by atoms with E-state index in [0.717, 1.165) is 53.6 Å². The van der Waals surface area contributed by atoms with E-state index in [1.165, 1.54) is 12.1 Å². The lowest BCUT2D eigenvalue weighted by Crippen LogP contribution is -2.29. The lowest BCUT2D eigenvalue weighted by molar-refractivity contribution is 0.102. The number of nitrogens with zero attached hydrogens (tertiary/aromatic N) is 5. The van der Waals surface area contributed by atoms with Gasteiger partial charge in [0.2, 0.25) is 0 Å². The van der Waals surface area contributed by atoms with Crippen molar-refractivity contribution in [3.05, 3.63) is 101 Å². The van der Waals surface area contributed by atoms with Gasteiger partial charge >= 0.3 is 0 Å². The molecule has 2 aromatic carbocycles. The highest BCUT2D eigenvalue weighted by Gasteiger charge is 2.29. The lowest BCUT2D eigenvalue weighted by atomic mass is 9.98. The highest BCUT2D eigenvalue weighted by molar-refractivity contribution is 6.04. The van der Waals surface area contributed by atoms with E-state index in [-0.39, 0.29) is 23.1 Å². The van der Waals surface area contributed by atoms with Gasteiger partial charge in [0.1, 0.15) is 23.5 Å². The number of aromatic nitrogens is 5. The molecule has 2 aliphatic rings. The van der Waals surface area contributed by atoms with Crippen LogP contribution in [0.25, 0.3) is 33.6 Å². The summed E-state index contributed by atoms with van der Waals surface area (Å²) in [4.78, 5) is 31.9. The molecule has 9 nitrogen and oxygen atoms in total. The van der Waals surface area contributed by atoms with E-state index in [1.807, 2.05) is 24.3 Å². The molecule has 0 spiro atoms. The maximum absolute atomic E-state index is 14.4. The zero-order chi connectivity index (χ0) is 29.0. The fraction of sp³-hybridized carbons (Fsp3) is 0.219. The Labute approximate surface area is 240 Å². The number of nitrogen functional groups attached to an aromatic ring is 1. The Morgan fingerprint density at radius 2 is 1.81 bits per heavy atom. The van der Waals surface area contributed by atoms with Gasteiger partial charge in [-0.15, -0.1) is 10.2 Å². The Bertz CT molecular complexity index is 1920. The number of benzene rings is 2. The van der Waals surface area contributed by atoms with Gasteiger partial charge in [0.15, 0.2) is 5.82 Å². The SMILES string of the molecule is Cn1cnnc1-c1cc(F)ccc1-c1cc(NC(=O)c2cc(-c3cccc(N)c3)cn(C3CC3)c2=O)nc(C2CC2)c1. The van der Waals surface area contributed by atoms with E-state index < -0.39 is 11.7 Å². The van der Waals surface area contributed by atoms with E-state index in [1.54, 1.807) is 53.0 Å². The first-order chi connectivity index (χ1) is 20.3. The number of aryl methyl sites for hydroxylation is 1. The molecule has 42 heavy (non-hydrogen) atoms. The fourth-order valence-electron chi connectivity index (χ4n) is 5.29. The molecule has 2 saturated carbocycles. The summed E-state index contributed by atoms with van der Waals surface area (Å²) in [6.07, 6.45) is 7.14. The number of amides is 1. The summed E-state index contributed by atoms with van der Waals surface area (Å²) in [5, 5.41) is 11.0. The molecule has 1 amide bonds. The second-order valence-electron chi connectivity index (χ2n) is 11.1. The van der Waals surface area contributed by atoms with Crippen molar-refractivity contribution in [2.24, 2.45) is 7.05 Å². The Morgan fingerprint density at radius 1 is 0.976 bits per heavy atom. The minimum atomic E-state index is -0.542. The van der Waals surface area contributed by atoms with Crippen LogP contribution in [0.1, 0.15) is 53.7 Å². The summed E-state index contributed by atoms with van der Waals surface area (Å²) in [5.41, 5.74) is 10.7. The standard InChI is InChI=1S/C32H28FN7O2/c1-39-17-35-38-30(39)26-15-22(33)7-10-25(26)20-13-28(18-5-6-18)36-29(14-20)37-31(41)27-12-21(19-3-2-4-23(34)11-19)16-40(32(27)42)24-8-9-24/h2-4,7,10-18,24H,5-6,8-9,34H2,1H3,(H,36,37,41). The number of carbonyl (C=O) groups excluding carboxylic acids is 1. The summed E-state index contributed by atoms with van der Waals surface area (Å²) in [6, 6.07) is 17.3. The number of hydrogen-bond acceptors (Lipinski definition) is 6. The van der Waals surface area contributed by atoms with Crippen LogP contribution < -0.4 is 16.6 Å². The molecule has 3 N–H and O–H groups in total. The van der Waals surface area contributed by atoms with Gasteiger partial charge in [-0.3, -0.25) is 9.59 Å². The summed E-state index contributed by atoms with van der Waals surface area (Å²) in [5.74, 6) is 0.171. The van der Waals surface area contributed by atoms with Crippen molar-refractivity contribution in [3.63, 3.8) is 0 Å². The first-order valence-corrected chi connectivity index (χ1v) is 13.9. The molecule has 0 atom stereocenters. The molecule has 3 aromatic heterocycles. The maximum Gasteiger partial charge on any atom is 0.263 e. The molecule has 5 aromatic rings. The molecule has 2 aliphatic carbocycles. The third-order valence-electron chi connectivity index (χ3n) is 7.78. The molecule has 0 unspecified atom stereocenters. The predicted octanol–water partition coefficient (Wildman–Crippen LogP) is 5.56. The van der Waals surface area contributed by atoms with Crippen LogP contribution in [-0.2, 0) is 7.05 Å². The number of anilines is 2. The second kappa shape index (κ2) is 10.1. The van der Waals surface area contributed by atoms with Crippen molar-refractivity contribution < 1.29 is 9.18 Å². The second-order valence-corrected chi connectivity index (χ2v) is 11.1. The number of nitrogens with one attached hydrogen (secondary N) is 1. The van der Waals surface area contributed by atoms with Crippen LogP contribution >= 0.6 is 0 Å². The van der Waals surface area contributed by atoms with Crippen LogP contribution in [0.2, 0.25) is 0 Å². The van der Waals surface area contributed by atoms with Crippen molar-refractivity contribution in [1.82, 2.24) is 24.3 Å². The normalized spacial score (nSPS) is 14.6. The Morgan fingerprint density at radius 3 is 2.52 bits per heavy atom. The number of hydrogen-bond donors (Lipinski definition) is 2. The largest absolute Gasteiger partial charge is 0.399 e. The van der Waals surface area contributed by atoms with Crippen molar-refractivity contribution in [3.8, 4) is 33.6 Å². The molecule has 2 fully saturated rings. The van der Waals surface area contributed by atoms with Gasteiger partial charge in [-0.25, -0.2) is 9.37 Å². The van der Waals surface area contributed by atoms with Gasteiger partial charge in [0.25, 0.3) is 11.5 Å². The molecule has 210 valence electrons. The van der Waals surface area contributed by atoms with Crippen LogP contribution in [0.15, 0.2) is 78.0 Å². The minimum Gasteiger partial charge on any atom is -0.399 e. The van der Waals surface area contributed by atoms with Crippen molar-refractivity contribution in [1.29, 1.82) is 0 Å². The Kier molecular flexibility index (Phi) is 6.18. The number of carbonyl (C=O) groups is 1. The molecular weight excluding hydrogens is 533 g/mol. The smallest absolute Gasteiger partial charge is 0.263 e. The van der Waals surface area contributed by atoms with Crippen molar-refractivity contribution in [2.75, 3.05) is 11.1 Å². The van der Waals surface area contributed by atoms with Crippen LogP contribution in [0, 0.1) is 5.82 Å². The zero-order valence-electron chi connectivity index (χ0n) is 22.9. The minimum absolute atomic E-state index is 0.0311. The Hall–Kier alpha value is -5.12. The highest BCUT2D eigenvalue weighted by atomic mass is 19.1.